The summed E-state index contributed by atoms with van der Waals surface area (Å²) in [6.45, 7) is 3.89. The summed E-state index contributed by atoms with van der Waals surface area (Å²) >= 11 is 1.66. The lowest BCUT2D eigenvalue weighted by Crippen LogP contribution is -2.43. The first-order chi connectivity index (χ1) is 11.1. The van der Waals surface area contributed by atoms with Crippen LogP contribution in [0.1, 0.15) is 49.1 Å². The van der Waals surface area contributed by atoms with E-state index in [1.165, 1.54) is 32.1 Å². The minimum atomic E-state index is 0.203. The summed E-state index contributed by atoms with van der Waals surface area (Å²) in [7, 11) is 0. The second-order valence-electron chi connectivity index (χ2n) is 7.62. The second-order valence-corrected chi connectivity index (χ2v) is 8.61. The summed E-state index contributed by atoms with van der Waals surface area (Å²) in [5, 5.41) is 7.30. The molecule has 5 atom stereocenters. The zero-order chi connectivity index (χ0) is 16.0. The molecule has 0 radical (unpaired) electrons. The van der Waals surface area contributed by atoms with E-state index in [4.69, 9.17) is 4.52 Å². The molecule has 2 bridgehead atoms. The summed E-state index contributed by atoms with van der Waals surface area (Å²) in [6.07, 6.45) is 6.85. The van der Waals surface area contributed by atoms with Gasteiger partial charge in [0, 0.05) is 17.4 Å². The van der Waals surface area contributed by atoms with Crippen LogP contribution in [-0.4, -0.2) is 22.9 Å². The molecule has 4 rings (SSSR count). The Labute approximate surface area is 142 Å². The Morgan fingerprint density at radius 3 is 2.87 bits per heavy atom. The van der Waals surface area contributed by atoms with Crippen molar-refractivity contribution in [2.45, 2.75) is 57.7 Å². The molecular formula is C18H26N2O2S. The average molecular weight is 334 g/mol. The molecule has 3 fully saturated rings. The summed E-state index contributed by atoms with van der Waals surface area (Å²) in [5.74, 6) is 5.97. The van der Waals surface area contributed by atoms with Gasteiger partial charge in [-0.1, -0.05) is 11.6 Å². The fraction of sp³-hybridized carbons (Fsp3) is 0.778. The van der Waals surface area contributed by atoms with E-state index in [9.17, 15) is 4.79 Å². The topological polar surface area (TPSA) is 55.1 Å². The van der Waals surface area contributed by atoms with Gasteiger partial charge in [-0.05, 0) is 63.2 Å². The molecule has 0 saturated heterocycles. The van der Waals surface area contributed by atoms with Crippen molar-refractivity contribution in [1.82, 2.24) is 10.5 Å². The first-order valence-electron chi connectivity index (χ1n) is 8.92. The highest BCUT2D eigenvalue weighted by Crippen LogP contribution is 2.58. The number of hydrogen-bond donors (Lipinski definition) is 1. The quantitative estimate of drug-likeness (QED) is 0.896. The Kier molecular flexibility index (Phi) is 4.16. The molecule has 5 unspecified atom stereocenters. The average Bonchev–Trinajstić information content (AvgIpc) is 3.24. The number of carbonyl (C=O) groups excluding carboxylic acids is 1. The minimum absolute atomic E-state index is 0.203. The van der Waals surface area contributed by atoms with Crippen LogP contribution < -0.4 is 5.32 Å². The summed E-state index contributed by atoms with van der Waals surface area (Å²) in [6, 6.07) is 0.450. The largest absolute Gasteiger partial charge is 0.361 e. The number of thioether (sulfide) groups is 1. The fourth-order valence-corrected chi connectivity index (χ4v) is 6.42. The number of aryl methyl sites for hydroxylation is 2. The number of nitrogens with zero attached hydrogens (tertiary/aromatic N) is 1. The van der Waals surface area contributed by atoms with Gasteiger partial charge < -0.3 is 9.84 Å². The van der Waals surface area contributed by atoms with Gasteiger partial charge in [0.15, 0.2) is 0 Å². The number of amides is 1. The molecule has 1 heterocycles. The maximum atomic E-state index is 12.3. The third-order valence-corrected chi connectivity index (χ3v) is 7.39. The summed E-state index contributed by atoms with van der Waals surface area (Å²) < 4.78 is 5.17. The van der Waals surface area contributed by atoms with Gasteiger partial charge >= 0.3 is 0 Å². The molecule has 1 amide bonds. The maximum absolute atomic E-state index is 12.3. The third-order valence-electron chi connectivity index (χ3n) is 6.44. The number of fused-ring (bicyclic) bond motifs is 5. The van der Waals surface area contributed by atoms with E-state index in [1.54, 1.807) is 11.8 Å². The predicted octanol–water partition coefficient (Wildman–Crippen LogP) is 3.47. The van der Waals surface area contributed by atoms with Gasteiger partial charge in [-0.15, -0.1) is 11.8 Å². The van der Waals surface area contributed by atoms with Crippen molar-refractivity contribution in [3.8, 4) is 0 Å². The lowest BCUT2D eigenvalue weighted by molar-refractivity contribution is -0.119. The van der Waals surface area contributed by atoms with E-state index in [2.05, 4.69) is 10.5 Å². The first kappa shape index (κ1) is 15.6. The van der Waals surface area contributed by atoms with Crippen molar-refractivity contribution < 1.29 is 9.32 Å². The molecule has 3 aliphatic carbocycles. The van der Waals surface area contributed by atoms with Crippen molar-refractivity contribution in [2.24, 2.45) is 23.7 Å². The molecule has 0 aliphatic heterocycles. The van der Waals surface area contributed by atoms with E-state index >= 15 is 0 Å². The van der Waals surface area contributed by atoms with Gasteiger partial charge in [0.2, 0.25) is 5.91 Å². The van der Waals surface area contributed by atoms with Crippen molar-refractivity contribution in [3.05, 3.63) is 17.0 Å². The Hall–Kier alpha value is -0.970. The lowest BCUT2D eigenvalue weighted by Gasteiger charge is -2.32. The number of carbonyl (C=O) groups is 1. The highest BCUT2D eigenvalue weighted by Gasteiger charge is 2.53. The molecule has 1 aromatic rings. The van der Waals surface area contributed by atoms with Crippen molar-refractivity contribution in [1.29, 1.82) is 0 Å². The summed E-state index contributed by atoms with van der Waals surface area (Å²) in [4.78, 5) is 12.3. The SMILES string of the molecule is Cc1noc(C)c1CSCC(=O)NC1CC2CC1C1CCCC21. The molecule has 4 nitrogen and oxygen atoms in total. The molecule has 3 saturated carbocycles. The highest BCUT2D eigenvalue weighted by atomic mass is 32.2. The standard InChI is InChI=1S/C18H26N2O2S/c1-10-16(11(2)22-20-10)8-23-9-18(21)19-17-7-12-6-15(17)14-5-3-4-13(12)14/h12-15,17H,3-9H2,1-2H3,(H,19,21). The van der Waals surface area contributed by atoms with Gasteiger partial charge in [-0.2, -0.15) is 0 Å². The molecular weight excluding hydrogens is 308 g/mol. The van der Waals surface area contributed by atoms with Crippen LogP contribution in [-0.2, 0) is 10.5 Å². The Morgan fingerprint density at radius 1 is 1.26 bits per heavy atom. The van der Waals surface area contributed by atoms with E-state index in [1.807, 2.05) is 13.8 Å². The lowest BCUT2D eigenvalue weighted by atomic mass is 9.79. The molecule has 5 heteroatoms. The van der Waals surface area contributed by atoms with E-state index in [0.717, 1.165) is 46.4 Å². The number of hydrogen-bond acceptors (Lipinski definition) is 4. The maximum Gasteiger partial charge on any atom is 0.230 e. The van der Waals surface area contributed by atoms with Crippen LogP contribution >= 0.6 is 11.8 Å². The number of aromatic nitrogens is 1. The van der Waals surface area contributed by atoms with E-state index < -0.39 is 0 Å². The normalized spacial score (nSPS) is 34.8. The second kappa shape index (κ2) is 6.15. The monoisotopic (exact) mass is 334 g/mol. The van der Waals surface area contributed by atoms with Crippen LogP contribution in [0.3, 0.4) is 0 Å². The van der Waals surface area contributed by atoms with Crippen molar-refractivity contribution in [2.75, 3.05) is 5.75 Å². The fourth-order valence-electron chi connectivity index (χ4n) is 5.44. The first-order valence-corrected chi connectivity index (χ1v) is 10.1. The van der Waals surface area contributed by atoms with Gasteiger partial charge in [0.05, 0.1) is 11.4 Å². The smallest absolute Gasteiger partial charge is 0.230 e. The van der Waals surface area contributed by atoms with Crippen LogP contribution in [0.2, 0.25) is 0 Å². The Balaban J connectivity index is 1.25. The van der Waals surface area contributed by atoms with Crippen molar-refractivity contribution >= 4 is 17.7 Å². The molecule has 3 aliphatic rings. The minimum Gasteiger partial charge on any atom is -0.361 e. The Morgan fingerprint density at radius 2 is 2.09 bits per heavy atom. The van der Waals surface area contributed by atoms with Crippen LogP contribution in [0.25, 0.3) is 0 Å². The number of nitrogens with one attached hydrogen (secondary N) is 1. The molecule has 0 spiro atoms. The number of rotatable bonds is 5. The summed E-state index contributed by atoms with van der Waals surface area (Å²) in [5.41, 5.74) is 2.08. The zero-order valence-corrected chi connectivity index (χ0v) is 14.8. The van der Waals surface area contributed by atoms with Gasteiger partial charge in [-0.3, -0.25) is 4.79 Å². The van der Waals surface area contributed by atoms with Gasteiger partial charge in [0.25, 0.3) is 0 Å². The molecule has 126 valence electrons. The van der Waals surface area contributed by atoms with Gasteiger partial charge in [0.1, 0.15) is 5.76 Å². The van der Waals surface area contributed by atoms with Gasteiger partial charge in [-0.25, -0.2) is 0 Å². The van der Waals surface area contributed by atoms with E-state index in [-0.39, 0.29) is 5.91 Å². The molecule has 1 aromatic heterocycles. The van der Waals surface area contributed by atoms with Crippen LogP contribution in [0.4, 0.5) is 0 Å². The highest BCUT2D eigenvalue weighted by molar-refractivity contribution is 7.99. The van der Waals surface area contributed by atoms with Crippen LogP contribution in [0.5, 0.6) is 0 Å². The predicted molar refractivity (Wildman–Crippen MR) is 91.1 cm³/mol. The molecule has 0 aromatic carbocycles. The third kappa shape index (κ3) is 2.81. The van der Waals surface area contributed by atoms with Crippen LogP contribution in [0.15, 0.2) is 4.52 Å². The molecule has 1 N–H and O–H groups in total. The van der Waals surface area contributed by atoms with Crippen LogP contribution in [0, 0.1) is 37.5 Å². The molecule has 23 heavy (non-hydrogen) atoms. The Bertz CT molecular complexity index is 580. The zero-order valence-electron chi connectivity index (χ0n) is 14.0. The van der Waals surface area contributed by atoms with E-state index in [0.29, 0.717) is 11.8 Å². The van der Waals surface area contributed by atoms with Crippen molar-refractivity contribution in [3.63, 3.8) is 0 Å².